The van der Waals surface area contributed by atoms with Crippen LogP contribution in [-0.2, 0) is 4.74 Å². The molecule has 0 unspecified atom stereocenters. The average Bonchev–Trinajstić information content (AvgIpc) is 2.28. The summed E-state index contributed by atoms with van der Waals surface area (Å²) in [6.07, 6.45) is 0.0767. The van der Waals surface area contributed by atoms with Gasteiger partial charge in [0.05, 0.1) is 0 Å². The molecule has 0 bridgehead atoms. The zero-order chi connectivity index (χ0) is 15.8. The van der Waals surface area contributed by atoms with E-state index in [1.165, 1.54) is 11.0 Å². The molecule has 1 amide bonds. The number of likely N-dealkylation sites (tertiary alicyclic amines) is 1. The van der Waals surface area contributed by atoms with Crippen LogP contribution < -0.4 is 0 Å². The second-order valence-electron chi connectivity index (χ2n) is 6.31. The van der Waals surface area contributed by atoms with Crippen molar-refractivity contribution in [1.82, 2.24) is 4.90 Å². The van der Waals surface area contributed by atoms with E-state index in [1.54, 1.807) is 39.8 Å². The fraction of sp³-hybridized carbons (Fsp3) is 0.500. The lowest BCUT2D eigenvalue weighted by atomic mass is 9.94. The highest BCUT2D eigenvalue weighted by atomic mass is 19.1. The van der Waals surface area contributed by atoms with Gasteiger partial charge in [0.25, 0.3) is 0 Å². The van der Waals surface area contributed by atoms with E-state index in [4.69, 9.17) is 4.74 Å². The van der Waals surface area contributed by atoms with Crippen LogP contribution in [-0.4, -0.2) is 35.0 Å². The van der Waals surface area contributed by atoms with Crippen molar-refractivity contribution in [3.63, 3.8) is 0 Å². The van der Waals surface area contributed by atoms with Gasteiger partial charge in [0.1, 0.15) is 17.5 Å². The molecule has 1 aromatic carbocycles. The molecule has 1 aliphatic heterocycles. The van der Waals surface area contributed by atoms with E-state index in [1.807, 2.05) is 0 Å². The number of carbonyl (C=O) groups is 2. The number of benzene rings is 1. The molecule has 1 atom stereocenters. The summed E-state index contributed by atoms with van der Waals surface area (Å²) in [4.78, 5) is 25.7. The zero-order valence-electron chi connectivity index (χ0n) is 12.8. The minimum absolute atomic E-state index is 0.244. The molecule has 21 heavy (non-hydrogen) atoms. The quantitative estimate of drug-likeness (QED) is 0.786. The Labute approximate surface area is 123 Å². The summed E-state index contributed by atoms with van der Waals surface area (Å²) < 4.78 is 18.8. The van der Waals surface area contributed by atoms with E-state index < -0.39 is 23.6 Å². The molecule has 0 saturated carbocycles. The van der Waals surface area contributed by atoms with E-state index in [0.717, 1.165) is 0 Å². The Morgan fingerprint density at radius 3 is 2.48 bits per heavy atom. The van der Waals surface area contributed by atoms with Crippen molar-refractivity contribution < 1.29 is 18.7 Å². The summed E-state index contributed by atoms with van der Waals surface area (Å²) in [6, 6.07) is 3.83. The lowest BCUT2D eigenvalue weighted by Crippen LogP contribution is -2.56. The van der Waals surface area contributed by atoms with Crippen molar-refractivity contribution >= 4 is 11.9 Å². The Bertz CT molecular complexity index is 577. The van der Waals surface area contributed by atoms with Crippen LogP contribution in [0.5, 0.6) is 0 Å². The number of hydrogen-bond acceptors (Lipinski definition) is 3. The topological polar surface area (TPSA) is 46.6 Å². The Morgan fingerprint density at radius 1 is 1.33 bits per heavy atom. The first-order chi connectivity index (χ1) is 9.69. The summed E-state index contributed by atoms with van der Waals surface area (Å²) >= 11 is 0. The number of aryl methyl sites for hydroxylation is 1. The number of amides is 1. The van der Waals surface area contributed by atoms with Crippen molar-refractivity contribution in [1.29, 1.82) is 0 Å². The van der Waals surface area contributed by atoms with Gasteiger partial charge in [-0.25, -0.2) is 9.18 Å². The Kier molecular flexibility index (Phi) is 4.03. The van der Waals surface area contributed by atoms with E-state index in [9.17, 15) is 14.0 Å². The number of Topliss-reactive ketones (excluding diaryl/α,β-unsaturated/α-hetero) is 1. The van der Waals surface area contributed by atoms with Gasteiger partial charge in [-0.2, -0.15) is 0 Å². The Balaban J connectivity index is 2.09. The fourth-order valence-corrected chi connectivity index (χ4v) is 2.14. The van der Waals surface area contributed by atoms with Gasteiger partial charge in [-0.3, -0.25) is 9.69 Å². The second-order valence-corrected chi connectivity index (χ2v) is 6.31. The molecule has 2 rings (SSSR count). The average molecular weight is 293 g/mol. The van der Waals surface area contributed by atoms with Gasteiger partial charge in [0, 0.05) is 12.1 Å². The molecule has 114 valence electrons. The highest BCUT2D eigenvalue weighted by Gasteiger charge is 2.40. The molecule has 0 spiro atoms. The SMILES string of the molecule is Cc1ccc(C(=O)[C@@H]2CCN2C(=O)OC(C)(C)C)cc1F. The Morgan fingerprint density at radius 2 is 2.00 bits per heavy atom. The summed E-state index contributed by atoms with van der Waals surface area (Å²) in [5, 5.41) is 0. The summed E-state index contributed by atoms with van der Waals surface area (Å²) in [7, 11) is 0. The van der Waals surface area contributed by atoms with Gasteiger partial charge in [-0.1, -0.05) is 12.1 Å². The number of carbonyl (C=O) groups excluding carboxylic acids is 2. The van der Waals surface area contributed by atoms with E-state index >= 15 is 0 Å². The van der Waals surface area contributed by atoms with Gasteiger partial charge in [-0.05, 0) is 45.7 Å². The van der Waals surface area contributed by atoms with Crippen LogP contribution in [0.4, 0.5) is 9.18 Å². The Hall–Kier alpha value is -1.91. The summed E-state index contributed by atoms with van der Waals surface area (Å²) in [6.45, 7) is 7.45. The van der Waals surface area contributed by atoms with E-state index in [-0.39, 0.29) is 11.3 Å². The van der Waals surface area contributed by atoms with Crippen LogP contribution in [0.3, 0.4) is 0 Å². The van der Waals surface area contributed by atoms with Gasteiger partial charge < -0.3 is 4.74 Å². The molecule has 1 aromatic rings. The molecule has 0 N–H and O–H groups in total. The summed E-state index contributed by atoms with van der Waals surface area (Å²) in [5.41, 5.74) is 0.177. The highest BCUT2D eigenvalue weighted by molar-refractivity contribution is 6.02. The van der Waals surface area contributed by atoms with Crippen LogP contribution in [0.1, 0.15) is 43.1 Å². The van der Waals surface area contributed by atoms with E-state index in [0.29, 0.717) is 18.5 Å². The molecule has 1 saturated heterocycles. The standard InChI is InChI=1S/C16H20FNO3/c1-10-5-6-11(9-12(10)17)14(19)13-7-8-18(13)15(20)21-16(2,3)4/h5-6,9,13H,7-8H2,1-4H3/t13-/m0/s1. The van der Waals surface area contributed by atoms with Gasteiger partial charge in [0.2, 0.25) is 0 Å². The first-order valence-corrected chi connectivity index (χ1v) is 6.99. The lowest BCUT2D eigenvalue weighted by molar-refractivity contribution is -0.00269. The maximum atomic E-state index is 13.5. The van der Waals surface area contributed by atoms with Crippen LogP contribution in [0.2, 0.25) is 0 Å². The van der Waals surface area contributed by atoms with Crippen LogP contribution in [0, 0.1) is 12.7 Å². The predicted molar refractivity (Wildman–Crippen MR) is 76.8 cm³/mol. The molecule has 5 heteroatoms. The lowest BCUT2D eigenvalue weighted by Gasteiger charge is -2.40. The monoisotopic (exact) mass is 293 g/mol. The first kappa shape index (κ1) is 15.5. The first-order valence-electron chi connectivity index (χ1n) is 6.99. The fourth-order valence-electron chi connectivity index (χ4n) is 2.14. The number of halogens is 1. The maximum Gasteiger partial charge on any atom is 0.410 e. The number of hydrogen-bond donors (Lipinski definition) is 0. The van der Waals surface area contributed by atoms with Crippen molar-refractivity contribution in [2.75, 3.05) is 6.54 Å². The molecule has 4 nitrogen and oxygen atoms in total. The van der Waals surface area contributed by atoms with Gasteiger partial charge in [-0.15, -0.1) is 0 Å². The van der Waals surface area contributed by atoms with Crippen molar-refractivity contribution in [2.24, 2.45) is 0 Å². The van der Waals surface area contributed by atoms with Crippen LogP contribution in [0.15, 0.2) is 18.2 Å². The molecular formula is C16H20FNO3. The minimum Gasteiger partial charge on any atom is -0.444 e. The molecular weight excluding hydrogens is 273 g/mol. The minimum atomic E-state index is -0.601. The van der Waals surface area contributed by atoms with Crippen molar-refractivity contribution in [2.45, 2.75) is 45.8 Å². The summed E-state index contributed by atoms with van der Waals surface area (Å²) in [5.74, 6) is -0.657. The normalized spacial score (nSPS) is 18.1. The smallest absolute Gasteiger partial charge is 0.410 e. The third-order valence-corrected chi connectivity index (χ3v) is 3.41. The second kappa shape index (κ2) is 5.47. The van der Waals surface area contributed by atoms with Crippen molar-refractivity contribution in [3.05, 3.63) is 35.1 Å². The number of ketones is 1. The number of ether oxygens (including phenoxy) is 1. The third-order valence-electron chi connectivity index (χ3n) is 3.41. The van der Waals surface area contributed by atoms with Gasteiger partial charge in [0.15, 0.2) is 5.78 Å². The zero-order valence-corrected chi connectivity index (χ0v) is 12.8. The largest absolute Gasteiger partial charge is 0.444 e. The molecule has 0 radical (unpaired) electrons. The maximum absolute atomic E-state index is 13.5. The van der Waals surface area contributed by atoms with Crippen LogP contribution in [0.25, 0.3) is 0 Å². The highest BCUT2D eigenvalue weighted by Crippen LogP contribution is 2.25. The molecule has 1 aliphatic rings. The molecule has 1 heterocycles. The van der Waals surface area contributed by atoms with Crippen molar-refractivity contribution in [3.8, 4) is 0 Å². The van der Waals surface area contributed by atoms with Gasteiger partial charge >= 0.3 is 6.09 Å². The number of rotatable bonds is 2. The molecule has 0 aliphatic carbocycles. The number of nitrogens with zero attached hydrogens (tertiary/aromatic N) is 1. The molecule has 0 aromatic heterocycles. The van der Waals surface area contributed by atoms with E-state index in [2.05, 4.69) is 0 Å². The third kappa shape index (κ3) is 3.40. The molecule has 1 fully saturated rings. The predicted octanol–water partition coefficient (Wildman–Crippen LogP) is 3.33. The van der Waals surface area contributed by atoms with Crippen LogP contribution >= 0.6 is 0 Å².